The monoisotopic (exact) mass is 284 g/mol. The van der Waals surface area contributed by atoms with Crippen LogP contribution in [0.1, 0.15) is 12.5 Å². The van der Waals surface area contributed by atoms with E-state index < -0.39 is 5.97 Å². The van der Waals surface area contributed by atoms with Crippen LogP contribution in [0.2, 0.25) is 0 Å². The maximum absolute atomic E-state index is 10.6. The maximum Gasteiger partial charge on any atom is 0.308 e. The van der Waals surface area contributed by atoms with E-state index in [4.69, 9.17) is 4.74 Å². The lowest BCUT2D eigenvalue weighted by Crippen LogP contribution is -1.99. The highest BCUT2D eigenvalue weighted by Crippen LogP contribution is 2.14. The average Bonchev–Trinajstić information content (AvgIpc) is 2.51. The second kappa shape index (κ2) is 7.69. The Labute approximate surface area is 123 Å². The second-order valence-electron chi connectivity index (χ2n) is 4.26. The second-order valence-corrected chi connectivity index (χ2v) is 4.26. The van der Waals surface area contributed by atoms with Crippen molar-refractivity contribution in [1.82, 2.24) is 0 Å². The minimum Gasteiger partial charge on any atom is -0.489 e. The third kappa shape index (κ3) is 5.36. The molecule has 0 atom stereocenters. The summed E-state index contributed by atoms with van der Waals surface area (Å²) in [6, 6.07) is 17.2. The molecule has 0 radical (unpaired) electrons. The summed E-state index contributed by atoms with van der Waals surface area (Å²) in [5, 5.41) is 3.78. The van der Waals surface area contributed by atoms with Crippen LogP contribution in [0.3, 0.4) is 0 Å². The molecule has 0 bridgehead atoms. The Morgan fingerprint density at radius 3 is 2.76 bits per heavy atom. The molecule has 0 amide bonds. The van der Waals surface area contributed by atoms with E-state index >= 15 is 0 Å². The normalized spacial score (nSPS) is 10.3. The Morgan fingerprint density at radius 2 is 2.00 bits per heavy atom. The van der Waals surface area contributed by atoms with Gasteiger partial charge in [0.2, 0.25) is 6.40 Å². The molecule has 2 aromatic carbocycles. The van der Waals surface area contributed by atoms with Gasteiger partial charge in [-0.2, -0.15) is 0 Å². The van der Waals surface area contributed by atoms with Gasteiger partial charge in [0, 0.05) is 6.92 Å². The van der Waals surface area contributed by atoms with Gasteiger partial charge in [0.15, 0.2) is 0 Å². The molecule has 2 rings (SSSR count). The zero-order chi connectivity index (χ0) is 14.9. The Hall–Kier alpha value is -2.82. The van der Waals surface area contributed by atoms with Gasteiger partial charge in [-0.3, -0.25) is 10.2 Å². The van der Waals surface area contributed by atoms with Crippen molar-refractivity contribution in [1.29, 1.82) is 0 Å². The average molecular weight is 284 g/mol. The first-order valence-electron chi connectivity index (χ1n) is 6.45. The van der Waals surface area contributed by atoms with Crippen LogP contribution in [-0.2, 0) is 16.1 Å². The van der Waals surface area contributed by atoms with Crippen molar-refractivity contribution in [2.75, 3.05) is 5.43 Å². The number of hydrazone groups is 1. The van der Waals surface area contributed by atoms with Gasteiger partial charge in [-0.05, 0) is 29.8 Å². The molecule has 108 valence electrons. The Balaban J connectivity index is 1.88. The number of benzene rings is 2. The van der Waals surface area contributed by atoms with Crippen molar-refractivity contribution in [3.8, 4) is 5.75 Å². The fourth-order valence-electron chi connectivity index (χ4n) is 1.62. The summed E-state index contributed by atoms with van der Waals surface area (Å²) in [4.78, 5) is 10.6. The first kappa shape index (κ1) is 14.6. The van der Waals surface area contributed by atoms with Gasteiger partial charge in [0.25, 0.3) is 0 Å². The van der Waals surface area contributed by atoms with Crippen molar-refractivity contribution in [2.45, 2.75) is 13.5 Å². The zero-order valence-electron chi connectivity index (χ0n) is 11.7. The van der Waals surface area contributed by atoms with Crippen LogP contribution in [0.4, 0.5) is 5.69 Å². The van der Waals surface area contributed by atoms with E-state index in [9.17, 15) is 4.79 Å². The standard InChI is InChI=1S/C16H16N2O3/c1-13(19)21-12-17-18-15-7-5-6-14(10-15)11-20-16-8-3-2-4-9-16/h2-10,12,18H,11H2,1H3. The molecule has 0 unspecified atom stereocenters. The maximum atomic E-state index is 10.6. The highest BCUT2D eigenvalue weighted by Gasteiger charge is 1.97. The lowest BCUT2D eigenvalue weighted by atomic mass is 10.2. The van der Waals surface area contributed by atoms with Crippen LogP contribution in [0.5, 0.6) is 5.75 Å². The minimum atomic E-state index is -0.412. The molecule has 5 heteroatoms. The number of rotatable bonds is 6. The van der Waals surface area contributed by atoms with Gasteiger partial charge < -0.3 is 9.47 Å². The molecule has 0 aromatic heterocycles. The molecule has 0 heterocycles. The van der Waals surface area contributed by atoms with Crippen LogP contribution in [0.25, 0.3) is 0 Å². The fraction of sp³-hybridized carbons (Fsp3) is 0.125. The summed E-state index contributed by atoms with van der Waals surface area (Å²) >= 11 is 0. The lowest BCUT2D eigenvalue weighted by Gasteiger charge is -2.07. The summed E-state index contributed by atoms with van der Waals surface area (Å²) in [7, 11) is 0. The number of nitrogens with one attached hydrogen (secondary N) is 1. The van der Waals surface area contributed by atoms with E-state index in [1.54, 1.807) is 0 Å². The predicted octanol–water partition coefficient (Wildman–Crippen LogP) is 3.18. The summed E-state index contributed by atoms with van der Waals surface area (Å²) in [5.74, 6) is 0.411. The Bertz CT molecular complexity index is 612. The molecule has 0 saturated carbocycles. The van der Waals surface area contributed by atoms with E-state index in [-0.39, 0.29) is 0 Å². The number of para-hydroxylation sites is 1. The van der Waals surface area contributed by atoms with Gasteiger partial charge in [-0.15, -0.1) is 5.10 Å². The summed E-state index contributed by atoms with van der Waals surface area (Å²) in [6.45, 7) is 1.78. The number of carbonyl (C=O) groups excluding carboxylic acids is 1. The van der Waals surface area contributed by atoms with Crippen LogP contribution >= 0.6 is 0 Å². The highest BCUT2D eigenvalue weighted by molar-refractivity contribution is 5.75. The van der Waals surface area contributed by atoms with E-state index in [0.29, 0.717) is 6.61 Å². The molecule has 0 spiro atoms. The molecule has 0 fully saturated rings. The number of esters is 1. The number of anilines is 1. The molecular formula is C16H16N2O3. The van der Waals surface area contributed by atoms with Crippen molar-refractivity contribution in [3.05, 3.63) is 60.2 Å². The van der Waals surface area contributed by atoms with E-state index in [2.05, 4.69) is 15.3 Å². The van der Waals surface area contributed by atoms with E-state index in [1.165, 1.54) is 6.92 Å². The Kier molecular flexibility index (Phi) is 5.34. The van der Waals surface area contributed by atoms with Crippen molar-refractivity contribution in [2.24, 2.45) is 5.10 Å². The van der Waals surface area contributed by atoms with E-state index in [1.807, 2.05) is 54.6 Å². The molecule has 5 nitrogen and oxygen atoms in total. The van der Waals surface area contributed by atoms with E-state index in [0.717, 1.165) is 23.4 Å². The molecule has 2 aromatic rings. The third-order valence-corrected chi connectivity index (χ3v) is 2.54. The third-order valence-electron chi connectivity index (χ3n) is 2.54. The molecule has 0 saturated heterocycles. The lowest BCUT2D eigenvalue weighted by molar-refractivity contribution is -0.132. The number of ether oxygens (including phenoxy) is 2. The molecular weight excluding hydrogens is 268 g/mol. The van der Waals surface area contributed by atoms with Gasteiger partial charge >= 0.3 is 5.97 Å². The van der Waals surface area contributed by atoms with Crippen LogP contribution < -0.4 is 10.2 Å². The van der Waals surface area contributed by atoms with Gasteiger partial charge in [0.05, 0.1) is 5.69 Å². The molecule has 1 N–H and O–H groups in total. The highest BCUT2D eigenvalue weighted by atomic mass is 16.5. The molecule has 21 heavy (non-hydrogen) atoms. The first-order valence-corrected chi connectivity index (χ1v) is 6.45. The van der Waals surface area contributed by atoms with Crippen LogP contribution in [0, 0.1) is 0 Å². The van der Waals surface area contributed by atoms with Gasteiger partial charge in [-0.1, -0.05) is 30.3 Å². The van der Waals surface area contributed by atoms with Crippen LogP contribution in [-0.4, -0.2) is 12.4 Å². The van der Waals surface area contributed by atoms with Crippen molar-refractivity contribution >= 4 is 18.1 Å². The number of nitrogens with zero attached hydrogens (tertiary/aromatic N) is 1. The predicted molar refractivity (Wildman–Crippen MR) is 81.1 cm³/mol. The quantitative estimate of drug-likeness (QED) is 0.383. The summed E-state index contributed by atoms with van der Waals surface area (Å²) < 4.78 is 10.2. The minimum absolute atomic E-state index is 0.412. The van der Waals surface area contributed by atoms with Gasteiger partial charge in [-0.25, -0.2) is 0 Å². The number of hydrogen-bond acceptors (Lipinski definition) is 5. The summed E-state index contributed by atoms with van der Waals surface area (Å²) in [6.07, 6.45) is 1.06. The number of hydrogen-bond donors (Lipinski definition) is 1. The molecule has 0 aliphatic rings. The summed E-state index contributed by atoms with van der Waals surface area (Å²) in [5.41, 5.74) is 4.57. The van der Waals surface area contributed by atoms with Crippen molar-refractivity contribution in [3.63, 3.8) is 0 Å². The largest absolute Gasteiger partial charge is 0.489 e. The van der Waals surface area contributed by atoms with Crippen LogP contribution in [0.15, 0.2) is 59.7 Å². The topological polar surface area (TPSA) is 59.9 Å². The Morgan fingerprint density at radius 1 is 1.19 bits per heavy atom. The SMILES string of the molecule is CC(=O)OC=NNc1cccc(COc2ccccc2)c1. The first-order chi connectivity index (χ1) is 10.2. The van der Waals surface area contributed by atoms with Gasteiger partial charge in [0.1, 0.15) is 12.4 Å². The molecule has 0 aliphatic heterocycles. The number of carbonyl (C=O) groups is 1. The van der Waals surface area contributed by atoms with Crippen molar-refractivity contribution < 1.29 is 14.3 Å². The smallest absolute Gasteiger partial charge is 0.308 e. The molecule has 0 aliphatic carbocycles. The fourth-order valence-corrected chi connectivity index (χ4v) is 1.62. The zero-order valence-corrected chi connectivity index (χ0v) is 11.7.